The van der Waals surface area contributed by atoms with Crippen LogP contribution in [0.25, 0.3) is 6.08 Å². The van der Waals surface area contributed by atoms with Gasteiger partial charge in [0.25, 0.3) is 5.91 Å². The molecule has 0 aromatic heterocycles. The van der Waals surface area contributed by atoms with Crippen molar-refractivity contribution in [2.75, 3.05) is 16.5 Å². The molecule has 170 valence electrons. The molecule has 0 atom stereocenters. The van der Waals surface area contributed by atoms with Crippen LogP contribution in [0.3, 0.4) is 0 Å². The van der Waals surface area contributed by atoms with Crippen LogP contribution in [-0.2, 0) is 16.0 Å². The number of anilines is 3. The Morgan fingerprint density at radius 3 is 2.56 bits per heavy atom. The van der Waals surface area contributed by atoms with E-state index in [1.165, 1.54) is 22.4 Å². The molecular weight excluding hydrogens is 426 g/mol. The average Bonchev–Trinajstić information content (AvgIpc) is 3.17. The summed E-state index contributed by atoms with van der Waals surface area (Å²) in [6.07, 6.45) is 3.58. The lowest BCUT2D eigenvalue weighted by molar-refractivity contribution is -0.129. The highest BCUT2D eigenvalue weighted by Crippen LogP contribution is 2.36. The number of para-hydroxylation sites is 1. The van der Waals surface area contributed by atoms with Crippen molar-refractivity contribution in [1.82, 2.24) is 0 Å². The van der Waals surface area contributed by atoms with Gasteiger partial charge in [-0.15, -0.1) is 0 Å². The molecule has 0 fully saturated rings. The summed E-state index contributed by atoms with van der Waals surface area (Å²) in [5, 5.41) is 14.9. The van der Waals surface area contributed by atoms with E-state index in [0.717, 1.165) is 35.6 Å². The first-order valence-electron chi connectivity index (χ1n) is 11.3. The van der Waals surface area contributed by atoms with Crippen LogP contribution < -0.4 is 9.91 Å². The standard InChI is InChI=1S/C28H25N3O3/c1-18-10-11-19(2)25(15-18)30-14-6-7-21-16-20(12-13-24(21)30)17-23-26(28(33)34)29-31(27(23)32)22-8-4-3-5-9-22/h3-5,8-13,15-17H,6-7,14H2,1-2H3,(H,33,34). The van der Waals surface area contributed by atoms with Crippen LogP contribution in [0.2, 0.25) is 0 Å². The largest absolute Gasteiger partial charge is 0.476 e. The third kappa shape index (κ3) is 3.88. The summed E-state index contributed by atoms with van der Waals surface area (Å²) < 4.78 is 0. The van der Waals surface area contributed by atoms with Gasteiger partial charge in [-0.1, -0.05) is 36.4 Å². The molecule has 0 bridgehead atoms. The molecule has 0 spiro atoms. The minimum atomic E-state index is -1.22. The van der Waals surface area contributed by atoms with Gasteiger partial charge in [0.05, 0.1) is 11.3 Å². The van der Waals surface area contributed by atoms with Crippen LogP contribution in [-0.4, -0.2) is 29.2 Å². The Balaban J connectivity index is 1.51. The van der Waals surface area contributed by atoms with Crippen LogP contribution in [0.15, 0.2) is 77.4 Å². The van der Waals surface area contributed by atoms with E-state index in [1.54, 1.807) is 30.3 Å². The van der Waals surface area contributed by atoms with E-state index in [1.807, 2.05) is 12.1 Å². The molecule has 2 aliphatic rings. The molecule has 0 saturated carbocycles. The molecular formula is C28H25N3O3. The van der Waals surface area contributed by atoms with Gasteiger partial charge in [-0.2, -0.15) is 10.1 Å². The summed E-state index contributed by atoms with van der Waals surface area (Å²) in [6, 6.07) is 21.4. The number of carbonyl (C=O) groups excluding carboxylic acids is 1. The van der Waals surface area contributed by atoms with E-state index < -0.39 is 11.9 Å². The van der Waals surface area contributed by atoms with Gasteiger partial charge in [0.2, 0.25) is 0 Å². The molecule has 0 aliphatic carbocycles. The summed E-state index contributed by atoms with van der Waals surface area (Å²) >= 11 is 0. The Morgan fingerprint density at radius 2 is 1.79 bits per heavy atom. The average molecular weight is 452 g/mol. The number of nitrogens with zero attached hydrogens (tertiary/aromatic N) is 3. The lowest BCUT2D eigenvalue weighted by Gasteiger charge is -2.33. The molecule has 2 heterocycles. The maximum absolute atomic E-state index is 13.1. The smallest absolute Gasteiger partial charge is 0.357 e. The van der Waals surface area contributed by atoms with Gasteiger partial charge in [0.1, 0.15) is 0 Å². The first-order chi connectivity index (χ1) is 16.4. The Kier molecular flexibility index (Phi) is 5.49. The molecule has 1 N–H and O–H groups in total. The number of aryl methyl sites for hydroxylation is 3. The van der Waals surface area contributed by atoms with E-state index >= 15 is 0 Å². The lowest BCUT2D eigenvalue weighted by atomic mass is 9.96. The van der Waals surface area contributed by atoms with Gasteiger partial charge < -0.3 is 10.0 Å². The topological polar surface area (TPSA) is 73.2 Å². The fraction of sp³-hybridized carbons (Fsp3) is 0.179. The van der Waals surface area contributed by atoms with Gasteiger partial charge >= 0.3 is 5.97 Å². The van der Waals surface area contributed by atoms with Crippen molar-refractivity contribution in [3.8, 4) is 0 Å². The lowest BCUT2D eigenvalue weighted by Crippen LogP contribution is -2.25. The molecule has 0 radical (unpaired) electrons. The van der Waals surface area contributed by atoms with E-state index in [4.69, 9.17) is 0 Å². The molecule has 3 aromatic carbocycles. The molecule has 6 heteroatoms. The minimum Gasteiger partial charge on any atom is -0.476 e. The Hall–Kier alpha value is -4.19. The van der Waals surface area contributed by atoms with Crippen molar-refractivity contribution < 1.29 is 14.7 Å². The van der Waals surface area contributed by atoms with Crippen LogP contribution in [0.4, 0.5) is 17.1 Å². The monoisotopic (exact) mass is 451 g/mol. The molecule has 6 nitrogen and oxygen atoms in total. The van der Waals surface area contributed by atoms with Gasteiger partial charge in [-0.25, -0.2) is 4.79 Å². The third-order valence-corrected chi connectivity index (χ3v) is 6.27. The van der Waals surface area contributed by atoms with E-state index in [9.17, 15) is 14.7 Å². The zero-order chi connectivity index (χ0) is 23.8. The van der Waals surface area contributed by atoms with E-state index in [2.05, 4.69) is 54.2 Å². The quantitative estimate of drug-likeness (QED) is 0.549. The van der Waals surface area contributed by atoms with Gasteiger partial charge in [-0.05, 0) is 85.4 Å². The van der Waals surface area contributed by atoms with Gasteiger partial charge in [-0.3, -0.25) is 4.79 Å². The molecule has 34 heavy (non-hydrogen) atoms. The molecule has 0 saturated heterocycles. The number of carboxylic acid groups (broad SMARTS) is 1. The maximum atomic E-state index is 13.1. The van der Waals surface area contributed by atoms with Crippen LogP contribution in [0, 0.1) is 13.8 Å². The first kappa shape index (κ1) is 21.6. The number of fused-ring (bicyclic) bond motifs is 1. The number of carbonyl (C=O) groups is 2. The van der Waals surface area contributed by atoms with Crippen molar-refractivity contribution in [3.05, 3.63) is 94.6 Å². The van der Waals surface area contributed by atoms with Crippen molar-refractivity contribution in [1.29, 1.82) is 0 Å². The second-order valence-corrected chi connectivity index (χ2v) is 8.70. The number of hydrogen-bond acceptors (Lipinski definition) is 4. The first-order valence-corrected chi connectivity index (χ1v) is 11.3. The number of rotatable bonds is 4. The highest BCUT2D eigenvalue weighted by Gasteiger charge is 2.35. The number of amides is 1. The van der Waals surface area contributed by atoms with Crippen LogP contribution >= 0.6 is 0 Å². The highest BCUT2D eigenvalue weighted by molar-refractivity contribution is 6.53. The Bertz CT molecular complexity index is 1360. The minimum absolute atomic E-state index is 0.0819. The zero-order valence-electron chi connectivity index (χ0n) is 19.2. The molecule has 3 aromatic rings. The molecule has 0 unspecified atom stereocenters. The number of benzene rings is 3. The molecule has 1 amide bonds. The fourth-order valence-corrected chi connectivity index (χ4v) is 4.58. The molecule has 2 aliphatic heterocycles. The van der Waals surface area contributed by atoms with E-state index in [-0.39, 0.29) is 11.3 Å². The normalized spacial score (nSPS) is 16.6. The zero-order valence-corrected chi connectivity index (χ0v) is 19.2. The summed E-state index contributed by atoms with van der Waals surface area (Å²) in [5.41, 5.74) is 7.14. The molecule has 5 rings (SSSR count). The number of hydrazone groups is 1. The highest BCUT2D eigenvalue weighted by atomic mass is 16.4. The van der Waals surface area contributed by atoms with Crippen molar-refractivity contribution >= 4 is 40.7 Å². The second kappa shape index (κ2) is 8.63. The van der Waals surface area contributed by atoms with Gasteiger partial charge in [0.15, 0.2) is 5.71 Å². The van der Waals surface area contributed by atoms with Crippen molar-refractivity contribution in [2.24, 2.45) is 5.10 Å². The van der Waals surface area contributed by atoms with Crippen molar-refractivity contribution in [2.45, 2.75) is 26.7 Å². The SMILES string of the molecule is Cc1ccc(C)c(N2CCCc3cc(C=C4C(=O)N(c5ccccc5)N=C4C(=O)O)ccc32)c1. The predicted molar refractivity (Wildman–Crippen MR) is 135 cm³/mol. The second-order valence-electron chi connectivity index (χ2n) is 8.70. The van der Waals surface area contributed by atoms with E-state index in [0.29, 0.717) is 5.69 Å². The van der Waals surface area contributed by atoms with Crippen LogP contribution in [0.5, 0.6) is 0 Å². The summed E-state index contributed by atoms with van der Waals surface area (Å²) in [7, 11) is 0. The van der Waals surface area contributed by atoms with Crippen molar-refractivity contribution in [3.63, 3.8) is 0 Å². The fourth-order valence-electron chi connectivity index (χ4n) is 4.58. The van der Waals surface area contributed by atoms with Crippen LogP contribution in [0.1, 0.15) is 28.7 Å². The van der Waals surface area contributed by atoms with Gasteiger partial charge in [0, 0.05) is 17.9 Å². The summed E-state index contributed by atoms with van der Waals surface area (Å²) in [6.45, 7) is 5.17. The summed E-state index contributed by atoms with van der Waals surface area (Å²) in [5.74, 6) is -1.67. The summed E-state index contributed by atoms with van der Waals surface area (Å²) in [4.78, 5) is 27.3. The maximum Gasteiger partial charge on any atom is 0.357 e. The number of carboxylic acids is 1. The predicted octanol–water partition coefficient (Wildman–Crippen LogP) is 5.26. The number of aliphatic carboxylic acids is 1. The number of hydrogen-bond donors (Lipinski definition) is 1. The Labute approximate surface area is 198 Å². The Morgan fingerprint density at radius 1 is 1.00 bits per heavy atom. The third-order valence-electron chi connectivity index (χ3n) is 6.27.